The number of allylic oxidation sites excluding steroid dienone is 3. The summed E-state index contributed by atoms with van der Waals surface area (Å²) < 4.78 is 17.3. The maximum atomic E-state index is 13.2. The molecule has 9 heteroatoms. The molecule has 2 aliphatic rings. The number of anilines is 1. The third kappa shape index (κ3) is 5.57. The fourth-order valence-corrected chi connectivity index (χ4v) is 4.78. The van der Waals surface area contributed by atoms with E-state index in [-0.39, 0.29) is 29.3 Å². The highest BCUT2D eigenvalue weighted by atomic mass is 35.5. The van der Waals surface area contributed by atoms with Crippen LogP contribution in [-0.2, 0) is 14.3 Å². The number of hydrogen-bond acceptors (Lipinski definition) is 7. The van der Waals surface area contributed by atoms with Crippen LogP contribution in [0.4, 0.5) is 5.69 Å². The summed E-state index contributed by atoms with van der Waals surface area (Å²) in [5, 5.41) is 13.0. The van der Waals surface area contributed by atoms with Crippen LogP contribution in [0.15, 0.2) is 65.3 Å². The number of ketones is 1. The first kappa shape index (κ1) is 26.1. The topological polar surface area (TPSA) is 124 Å². The number of nitriles is 1. The number of nitrogens with two attached hydrogens (primary N) is 1. The Morgan fingerprint density at radius 3 is 2.68 bits per heavy atom. The first-order chi connectivity index (χ1) is 17.6. The third-order valence-corrected chi connectivity index (χ3v) is 6.51. The molecule has 0 fully saturated rings. The number of nitrogens with one attached hydrogen (secondary N) is 1. The van der Waals surface area contributed by atoms with Crippen molar-refractivity contribution in [2.24, 2.45) is 11.1 Å². The molecule has 0 saturated heterocycles. The van der Waals surface area contributed by atoms with E-state index in [4.69, 9.17) is 31.5 Å². The quantitative estimate of drug-likeness (QED) is 0.512. The van der Waals surface area contributed by atoms with Crippen LogP contribution in [-0.4, -0.2) is 24.9 Å². The molecule has 1 heterocycles. The minimum Gasteiger partial charge on any atom is -0.490 e. The lowest BCUT2D eigenvalue weighted by Crippen LogP contribution is -2.33. The lowest BCUT2D eigenvalue weighted by atomic mass is 9.70. The van der Waals surface area contributed by atoms with Gasteiger partial charge < -0.3 is 25.3 Å². The van der Waals surface area contributed by atoms with Crippen LogP contribution in [0.2, 0.25) is 5.02 Å². The van der Waals surface area contributed by atoms with Gasteiger partial charge in [-0.05, 0) is 42.2 Å². The molecule has 37 heavy (non-hydrogen) atoms. The average Bonchev–Trinajstić information content (AvgIpc) is 2.83. The molecule has 1 aliphatic carbocycles. The van der Waals surface area contributed by atoms with Crippen molar-refractivity contribution in [2.75, 3.05) is 18.5 Å². The number of hydrogen-bond donors (Lipinski definition) is 2. The second kappa shape index (κ2) is 10.6. The van der Waals surface area contributed by atoms with Crippen LogP contribution in [0.5, 0.6) is 11.5 Å². The first-order valence-corrected chi connectivity index (χ1v) is 12.3. The molecule has 4 rings (SSSR count). The number of para-hydroxylation sites is 1. The minimum absolute atomic E-state index is 0.00807. The zero-order chi connectivity index (χ0) is 26.7. The Morgan fingerprint density at radius 1 is 1.22 bits per heavy atom. The van der Waals surface area contributed by atoms with E-state index in [1.165, 1.54) is 0 Å². The molecule has 0 radical (unpaired) electrons. The number of ether oxygens (including phenoxy) is 3. The van der Waals surface area contributed by atoms with Crippen molar-refractivity contribution in [3.05, 3.63) is 75.8 Å². The van der Waals surface area contributed by atoms with E-state index < -0.39 is 11.8 Å². The molecule has 1 unspecified atom stereocenters. The molecule has 2 aromatic carbocycles. The zero-order valence-electron chi connectivity index (χ0n) is 20.9. The Hall–Kier alpha value is -3.96. The van der Waals surface area contributed by atoms with Gasteiger partial charge in [-0.1, -0.05) is 43.6 Å². The van der Waals surface area contributed by atoms with E-state index in [1.807, 2.05) is 20.8 Å². The molecule has 0 spiro atoms. The number of nitrogens with zero attached hydrogens (tertiary/aromatic N) is 1. The largest absolute Gasteiger partial charge is 0.490 e. The minimum atomic E-state index is -0.686. The molecule has 8 nitrogen and oxygen atoms in total. The molecule has 0 aromatic heterocycles. The molecular formula is C28H28ClN3O5. The van der Waals surface area contributed by atoms with E-state index in [1.54, 1.807) is 42.5 Å². The Morgan fingerprint density at radius 2 is 1.97 bits per heavy atom. The molecule has 1 aliphatic heterocycles. The van der Waals surface area contributed by atoms with Crippen molar-refractivity contribution in [1.29, 1.82) is 5.26 Å². The van der Waals surface area contributed by atoms with Gasteiger partial charge in [-0.25, -0.2) is 0 Å². The standard InChI is InChI=1S/C28H28ClN3O5/c1-4-35-22-11-16(9-10-21(22)36-15-24(34)32-19-8-6-5-7-18(19)29)25-17(14-30)27(31)37-23-13-28(2,3)12-20(33)26(23)25/h5-11,25H,4,12-13,15,31H2,1-3H3,(H,32,34). The highest BCUT2D eigenvalue weighted by molar-refractivity contribution is 6.33. The maximum absolute atomic E-state index is 13.2. The van der Waals surface area contributed by atoms with Crippen LogP contribution >= 0.6 is 11.6 Å². The SMILES string of the molecule is CCOc1cc(C2C(C#N)=C(N)OC3=C2C(=O)CC(C)(C)C3)ccc1OCC(=O)Nc1ccccc1Cl. The predicted octanol–water partition coefficient (Wildman–Crippen LogP) is 5.21. The van der Waals surface area contributed by atoms with Gasteiger partial charge in [0.25, 0.3) is 5.91 Å². The van der Waals surface area contributed by atoms with Gasteiger partial charge in [0.1, 0.15) is 17.4 Å². The monoisotopic (exact) mass is 521 g/mol. The van der Waals surface area contributed by atoms with E-state index >= 15 is 0 Å². The highest BCUT2D eigenvalue weighted by Gasteiger charge is 2.43. The predicted molar refractivity (Wildman–Crippen MR) is 139 cm³/mol. The van der Waals surface area contributed by atoms with Gasteiger partial charge in [0.05, 0.1) is 23.2 Å². The highest BCUT2D eigenvalue weighted by Crippen LogP contribution is 2.48. The van der Waals surface area contributed by atoms with Crippen molar-refractivity contribution in [3.63, 3.8) is 0 Å². The number of carbonyl (C=O) groups is 2. The van der Waals surface area contributed by atoms with Gasteiger partial charge in [0.15, 0.2) is 23.9 Å². The summed E-state index contributed by atoms with van der Waals surface area (Å²) in [4.78, 5) is 25.6. The normalized spacial score (nSPS) is 18.5. The van der Waals surface area contributed by atoms with Crippen LogP contribution in [0.1, 0.15) is 45.1 Å². The smallest absolute Gasteiger partial charge is 0.262 e. The van der Waals surface area contributed by atoms with Crippen LogP contribution in [0.25, 0.3) is 0 Å². The number of amides is 1. The van der Waals surface area contributed by atoms with Crippen molar-refractivity contribution in [2.45, 2.75) is 39.5 Å². The second-order valence-electron chi connectivity index (χ2n) is 9.66. The van der Waals surface area contributed by atoms with Gasteiger partial charge in [-0.2, -0.15) is 5.26 Å². The lowest BCUT2D eigenvalue weighted by molar-refractivity contribution is -0.119. The summed E-state index contributed by atoms with van der Waals surface area (Å²) in [5.41, 5.74) is 7.58. The number of halogens is 1. The number of Topliss-reactive ketones (excluding diaryl/α,β-unsaturated/α-hetero) is 1. The second-order valence-corrected chi connectivity index (χ2v) is 10.1. The van der Waals surface area contributed by atoms with Crippen molar-refractivity contribution < 1.29 is 23.8 Å². The number of carbonyl (C=O) groups excluding carboxylic acids is 2. The van der Waals surface area contributed by atoms with Crippen LogP contribution < -0.4 is 20.5 Å². The maximum Gasteiger partial charge on any atom is 0.262 e. The van der Waals surface area contributed by atoms with E-state index in [2.05, 4.69) is 11.4 Å². The number of rotatable bonds is 7. The first-order valence-electron chi connectivity index (χ1n) is 11.9. The third-order valence-electron chi connectivity index (χ3n) is 6.18. The summed E-state index contributed by atoms with van der Waals surface area (Å²) in [6.07, 6.45) is 0.869. The summed E-state index contributed by atoms with van der Waals surface area (Å²) in [6.45, 7) is 5.87. The molecule has 0 bridgehead atoms. The van der Waals surface area contributed by atoms with Crippen LogP contribution in [0.3, 0.4) is 0 Å². The molecular weight excluding hydrogens is 494 g/mol. The summed E-state index contributed by atoms with van der Waals surface area (Å²) >= 11 is 6.10. The van der Waals surface area contributed by atoms with Crippen molar-refractivity contribution in [3.8, 4) is 17.6 Å². The fraction of sp³-hybridized carbons (Fsp3) is 0.321. The van der Waals surface area contributed by atoms with Crippen molar-refractivity contribution >= 4 is 29.0 Å². The van der Waals surface area contributed by atoms with Gasteiger partial charge in [0.2, 0.25) is 5.88 Å². The van der Waals surface area contributed by atoms with Gasteiger partial charge in [0, 0.05) is 18.4 Å². The van der Waals surface area contributed by atoms with Gasteiger partial charge >= 0.3 is 0 Å². The Labute approximate surface area is 220 Å². The van der Waals surface area contributed by atoms with Gasteiger partial charge in [-0.3, -0.25) is 9.59 Å². The average molecular weight is 522 g/mol. The van der Waals surface area contributed by atoms with Crippen molar-refractivity contribution in [1.82, 2.24) is 0 Å². The fourth-order valence-electron chi connectivity index (χ4n) is 4.60. The summed E-state index contributed by atoms with van der Waals surface area (Å²) in [7, 11) is 0. The van der Waals surface area contributed by atoms with Crippen LogP contribution in [0, 0.1) is 16.7 Å². The molecule has 3 N–H and O–H groups in total. The number of benzene rings is 2. The summed E-state index contributed by atoms with van der Waals surface area (Å²) in [6, 6.07) is 14.1. The molecule has 1 amide bonds. The van der Waals surface area contributed by atoms with E-state index in [9.17, 15) is 14.9 Å². The Bertz CT molecular complexity index is 1360. The molecule has 2 aromatic rings. The Balaban J connectivity index is 1.62. The lowest BCUT2D eigenvalue weighted by Gasteiger charge is -2.37. The van der Waals surface area contributed by atoms with E-state index in [0.717, 1.165) is 0 Å². The Kier molecular flexibility index (Phi) is 7.46. The summed E-state index contributed by atoms with van der Waals surface area (Å²) in [5.74, 6) is 0.0480. The molecule has 0 saturated carbocycles. The zero-order valence-corrected chi connectivity index (χ0v) is 21.6. The van der Waals surface area contributed by atoms with Gasteiger partial charge in [-0.15, -0.1) is 0 Å². The molecule has 1 atom stereocenters. The molecule has 192 valence electrons. The van der Waals surface area contributed by atoms with E-state index in [0.29, 0.717) is 58.6 Å².